The number of carbonyl (C=O) groups is 2. The molecule has 0 unspecified atom stereocenters. The Balaban J connectivity index is 2.04. The van der Waals surface area contributed by atoms with Crippen molar-refractivity contribution in [2.75, 3.05) is 20.1 Å². The van der Waals surface area contributed by atoms with Gasteiger partial charge >= 0.3 is 6.03 Å². The first kappa shape index (κ1) is 13.4. The summed E-state index contributed by atoms with van der Waals surface area (Å²) in [5, 5.41) is 2.90. The molecule has 2 heterocycles. The number of likely N-dealkylation sites (N-methyl/N-ethyl adjacent to an activating group) is 1. The van der Waals surface area contributed by atoms with Crippen molar-refractivity contribution in [3.63, 3.8) is 0 Å². The van der Waals surface area contributed by atoms with Crippen molar-refractivity contribution in [3.05, 3.63) is 59.8 Å². The Morgan fingerprint density at radius 2 is 2.05 bits per heavy atom. The van der Waals surface area contributed by atoms with E-state index in [0.29, 0.717) is 18.7 Å². The Bertz CT molecular complexity index is 636. The highest BCUT2D eigenvalue weighted by atomic mass is 16.2. The summed E-state index contributed by atoms with van der Waals surface area (Å²) in [6.45, 7) is 4.61. The molecule has 21 heavy (non-hydrogen) atoms. The van der Waals surface area contributed by atoms with Gasteiger partial charge < -0.3 is 10.2 Å². The molecule has 2 aliphatic rings. The van der Waals surface area contributed by atoms with E-state index >= 15 is 0 Å². The number of nitrogens with one attached hydrogen (secondary N) is 1. The van der Waals surface area contributed by atoms with Crippen LogP contribution in [0.1, 0.15) is 11.6 Å². The first-order valence-corrected chi connectivity index (χ1v) is 6.86. The molecule has 3 amide bonds. The highest BCUT2D eigenvalue weighted by molar-refractivity contribution is 6.01. The van der Waals surface area contributed by atoms with E-state index in [-0.39, 0.29) is 18.0 Å². The van der Waals surface area contributed by atoms with Crippen LogP contribution in [-0.4, -0.2) is 41.9 Å². The summed E-state index contributed by atoms with van der Waals surface area (Å²) in [6, 6.07) is 9.00. The maximum Gasteiger partial charge on any atom is 0.322 e. The molecule has 0 spiro atoms. The van der Waals surface area contributed by atoms with Crippen LogP contribution in [0.25, 0.3) is 0 Å². The van der Waals surface area contributed by atoms with Gasteiger partial charge in [-0.15, -0.1) is 6.58 Å². The molecule has 0 radical (unpaired) electrons. The second-order valence-corrected chi connectivity index (χ2v) is 5.19. The third-order valence-electron chi connectivity index (χ3n) is 3.92. The molecule has 0 aromatic heterocycles. The fourth-order valence-electron chi connectivity index (χ4n) is 2.82. The number of amides is 3. The standard InChI is InChI=1S/C16H17N3O2/c1-3-9-19-10-12-13(15(19)20)14(17-16(21)18(12)2)11-7-5-4-6-8-11/h3-8,14H,1,9-10H2,2H3,(H,17,21)/t14-/m0/s1. The molecule has 1 atom stereocenters. The second kappa shape index (κ2) is 5.09. The Labute approximate surface area is 123 Å². The van der Waals surface area contributed by atoms with Gasteiger partial charge in [0.25, 0.3) is 5.91 Å². The maximum absolute atomic E-state index is 12.6. The van der Waals surface area contributed by atoms with Crippen molar-refractivity contribution >= 4 is 11.9 Å². The zero-order valence-corrected chi connectivity index (χ0v) is 11.9. The van der Waals surface area contributed by atoms with E-state index in [2.05, 4.69) is 11.9 Å². The molecule has 1 N–H and O–H groups in total. The predicted molar refractivity (Wildman–Crippen MR) is 79.3 cm³/mol. The van der Waals surface area contributed by atoms with E-state index in [9.17, 15) is 9.59 Å². The minimum atomic E-state index is -0.382. The Morgan fingerprint density at radius 1 is 1.33 bits per heavy atom. The Hall–Kier alpha value is -2.56. The van der Waals surface area contributed by atoms with Gasteiger partial charge in [0, 0.05) is 13.6 Å². The van der Waals surface area contributed by atoms with Crippen molar-refractivity contribution in [3.8, 4) is 0 Å². The first-order valence-electron chi connectivity index (χ1n) is 6.86. The highest BCUT2D eigenvalue weighted by Crippen LogP contribution is 2.35. The summed E-state index contributed by atoms with van der Waals surface area (Å²) in [5.74, 6) is -0.0365. The number of rotatable bonds is 3. The lowest BCUT2D eigenvalue weighted by molar-refractivity contribution is -0.125. The zero-order chi connectivity index (χ0) is 15.0. The van der Waals surface area contributed by atoms with E-state index in [4.69, 9.17) is 0 Å². The minimum Gasteiger partial charge on any atom is -0.329 e. The lowest BCUT2D eigenvalue weighted by atomic mass is 9.96. The summed E-state index contributed by atoms with van der Waals surface area (Å²) >= 11 is 0. The van der Waals surface area contributed by atoms with Gasteiger partial charge in [-0.05, 0) is 5.56 Å². The molecular weight excluding hydrogens is 266 g/mol. The summed E-state index contributed by atoms with van der Waals surface area (Å²) in [4.78, 5) is 28.0. The van der Waals surface area contributed by atoms with Crippen LogP contribution in [-0.2, 0) is 4.79 Å². The van der Waals surface area contributed by atoms with Crippen LogP contribution in [0.5, 0.6) is 0 Å². The van der Waals surface area contributed by atoms with Crippen molar-refractivity contribution in [1.29, 1.82) is 0 Å². The smallest absolute Gasteiger partial charge is 0.322 e. The third kappa shape index (κ3) is 2.11. The number of hydrogen-bond donors (Lipinski definition) is 1. The van der Waals surface area contributed by atoms with E-state index in [1.807, 2.05) is 30.3 Å². The number of benzene rings is 1. The van der Waals surface area contributed by atoms with Gasteiger partial charge in [0.2, 0.25) is 0 Å². The highest BCUT2D eigenvalue weighted by Gasteiger charge is 2.42. The summed E-state index contributed by atoms with van der Waals surface area (Å²) in [5.41, 5.74) is 2.35. The SMILES string of the molecule is C=CCN1CC2=C(C1=O)[C@H](c1ccccc1)NC(=O)N2C. The number of carbonyl (C=O) groups excluding carboxylic acids is 2. The number of nitrogens with zero attached hydrogens (tertiary/aromatic N) is 2. The zero-order valence-electron chi connectivity index (χ0n) is 11.9. The van der Waals surface area contributed by atoms with Gasteiger partial charge in [-0.2, -0.15) is 0 Å². The normalized spacial score (nSPS) is 21.5. The minimum absolute atomic E-state index is 0.0365. The fourth-order valence-corrected chi connectivity index (χ4v) is 2.82. The Kier molecular flexibility index (Phi) is 3.25. The van der Waals surface area contributed by atoms with Crippen molar-refractivity contribution < 1.29 is 9.59 Å². The molecule has 0 saturated heterocycles. The monoisotopic (exact) mass is 283 g/mol. The quantitative estimate of drug-likeness (QED) is 0.858. The largest absolute Gasteiger partial charge is 0.329 e. The fraction of sp³-hybridized carbons (Fsp3) is 0.250. The summed E-state index contributed by atoms with van der Waals surface area (Å²) in [6.07, 6.45) is 1.70. The molecule has 3 rings (SSSR count). The van der Waals surface area contributed by atoms with Crippen molar-refractivity contribution in [2.24, 2.45) is 0 Å². The molecule has 0 saturated carbocycles. The van der Waals surface area contributed by atoms with Gasteiger partial charge in [0.1, 0.15) is 0 Å². The summed E-state index contributed by atoms with van der Waals surface area (Å²) in [7, 11) is 1.69. The van der Waals surface area contributed by atoms with Gasteiger partial charge in [0.05, 0.1) is 23.9 Å². The molecule has 108 valence electrons. The molecule has 0 aliphatic carbocycles. The molecule has 2 aliphatic heterocycles. The van der Waals surface area contributed by atoms with Crippen LogP contribution in [0.3, 0.4) is 0 Å². The van der Waals surface area contributed by atoms with Crippen LogP contribution in [0.2, 0.25) is 0 Å². The third-order valence-corrected chi connectivity index (χ3v) is 3.92. The summed E-state index contributed by atoms with van der Waals surface area (Å²) < 4.78 is 0. The molecule has 5 heteroatoms. The van der Waals surface area contributed by atoms with Crippen LogP contribution in [0.15, 0.2) is 54.3 Å². The Morgan fingerprint density at radius 3 is 2.71 bits per heavy atom. The average Bonchev–Trinajstić information content (AvgIpc) is 2.82. The van der Waals surface area contributed by atoms with Gasteiger partial charge in [-0.25, -0.2) is 4.79 Å². The van der Waals surface area contributed by atoms with Crippen LogP contribution >= 0.6 is 0 Å². The lowest BCUT2D eigenvalue weighted by Crippen LogP contribution is -2.45. The molecule has 0 bridgehead atoms. The molecule has 1 aromatic carbocycles. The number of hydrogen-bond acceptors (Lipinski definition) is 2. The van der Waals surface area contributed by atoms with Crippen molar-refractivity contribution in [2.45, 2.75) is 6.04 Å². The molecule has 1 aromatic rings. The van der Waals surface area contributed by atoms with E-state index in [1.165, 1.54) is 4.90 Å². The lowest BCUT2D eigenvalue weighted by Gasteiger charge is -2.31. The van der Waals surface area contributed by atoms with Crippen molar-refractivity contribution in [1.82, 2.24) is 15.1 Å². The molecule has 0 fully saturated rings. The molecular formula is C16H17N3O2. The maximum atomic E-state index is 12.6. The van der Waals surface area contributed by atoms with E-state index < -0.39 is 0 Å². The van der Waals surface area contributed by atoms with Crippen LogP contribution in [0.4, 0.5) is 4.79 Å². The topological polar surface area (TPSA) is 52.7 Å². The second-order valence-electron chi connectivity index (χ2n) is 5.19. The van der Waals surface area contributed by atoms with Crippen LogP contribution in [0, 0.1) is 0 Å². The van der Waals surface area contributed by atoms with Gasteiger partial charge in [-0.1, -0.05) is 36.4 Å². The predicted octanol–water partition coefficient (Wildman–Crippen LogP) is 1.66. The van der Waals surface area contributed by atoms with E-state index in [1.54, 1.807) is 18.0 Å². The van der Waals surface area contributed by atoms with Crippen LogP contribution < -0.4 is 5.32 Å². The first-order chi connectivity index (χ1) is 10.1. The molecule has 5 nitrogen and oxygen atoms in total. The van der Waals surface area contributed by atoms with E-state index in [0.717, 1.165) is 11.3 Å². The van der Waals surface area contributed by atoms with Gasteiger partial charge in [0.15, 0.2) is 0 Å². The number of urea groups is 1. The van der Waals surface area contributed by atoms with Gasteiger partial charge in [-0.3, -0.25) is 9.69 Å². The average molecular weight is 283 g/mol.